The summed E-state index contributed by atoms with van der Waals surface area (Å²) >= 11 is 1.20. The van der Waals surface area contributed by atoms with E-state index in [0.29, 0.717) is 10.9 Å². The normalized spacial score (nSPS) is 25.0. The summed E-state index contributed by atoms with van der Waals surface area (Å²) in [6.45, 7) is 1.59. The average Bonchev–Trinajstić information content (AvgIpc) is 3.14. The van der Waals surface area contributed by atoms with E-state index < -0.39 is 33.7 Å². The highest BCUT2D eigenvalue weighted by Gasteiger charge is 2.50. The Kier molecular flexibility index (Phi) is 5.35. The summed E-state index contributed by atoms with van der Waals surface area (Å²) in [4.78, 5) is 18.4. The summed E-state index contributed by atoms with van der Waals surface area (Å²) < 4.78 is 44.3. The van der Waals surface area contributed by atoms with E-state index in [1.54, 1.807) is 54.3 Å². The Morgan fingerprint density at radius 2 is 1.86 bits per heavy atom. The zero-order valence-electron chi connectivity index (χ0n) is 15.6. The first-order chi connectivity index (χ1) is 13.8. The molecular formula is C20H19FN2O4S2. The predicted octanol–water partition coefficient (Wildman–Crippen LogP) is 2.89. The van der Waals surface area contributed by atoms with Gasteiger partial charge in [0.15, 0.2) is 21.1 Å². The van der Waals surface area contributed by atoms with Crippen LogP contribution >= 0.6 is 11.8 Å². The molecule has 6 nitrogen and oxygen atoms in total. The van der Waals surface area contributed by atoms with E-state index in [-0.39, 0.29) is 22.4 Å². The molecule has 1 amide bonds. The van der Waals surface area contributed by atoms with Gasteiger partial charge < -0.3 is 9.64 Å². The lowest BCUT2D eigenvalue weighted by Gasteiger charge is -2.25. The number of ether oxygens (including phenoxy) is 1. The lowest BCUT2D eigenvalue weighted by molar-refractivity contribution is -0.123. The molecule has 2 aromatic rings. The Morgan fingerprint density at radius 3 is 2.59 bits per heavy atom. The highest BCUT2D eigenvalue weighted by molar-refractivity contribution is 8.16. The van der Waals surface area contributed by atoms with E-state index in [1.807, 2.05) is 6.07 Å². The Morgan fingerprint density at radius 1 is 1.17 bits per heavy atom. The largest absolute Gasteiger partial charge is 0.481 e. The van der Waals surface area contributed by atoms with Crippen LogP contribution in [0.2, 0.25) is 0 Å². The number of rotatable bonds is 4. The number of fused-ring (bicyclic) bond motifs is 1. The third kappa shape index (κ3) is 4.16. The van der Waals surface area contributed by atoms with Crippen molar-refractivity contribution in [2.45, 2.75) is 24.3 Å². The van der Waals surface area contributed by atoms with Crippen molar-refractivity contribution in [1.82, 2.24) is 0 Å². The molecule has 0 saturated carbocycles. The van der Waals surface area contributed by atoms with Gasteiger partial charge >= 0.3 is 0 Å². The Balaban J connectivity index is 1.63. The number of anilines is 1. The van der Waals surface area contributed by atoms with Gasteiger partial charge in [-0.1, -0.05) is 42.1 Å². The van der Waals surface area contributed by atoms with Gasteiger partial charge in [0.2, 0.25) is 0 Å². The van der Waals surface area contributed by atoms with Gasteiger partial charge in [-0.3, -0.25) is 4.79 Å². The van der Waals surface area contributed by atoms with Crippen molar-refractivity contribution < 1.29 is 22.3 Å². The minimum atomic E-state index is -3.22. The second kappa shape index (κ2) is 7.79. The molecule has 0 aliphatic carbocycles. The molecule has 152 valence electrons. The molecule has 0 spiro atoms. The summed E-state index contributed by atoms with van der Waals surface area (Å²) in [6, 6.07) is 14.5. The van der Waals surface area contributed by atoms with Crippen molar-refractivity contribution in [3.05, 3.63) is 60.4 Å². The molecule has 3 atom stereocenters. The lowest BCUT2D eigenvalue weighted by atomic mass is 10.2. The number of halogens is 1. The molecule has 29 heavy (non-hydrogen) atoms. The summed E-state index contributed by atoms with van der Waals surface area (Å²) in [5, 5.41) is 0.00464. The van der Waals surface area contributed by atoms with Crippen molar-refractivity contribution in [3.8, 4) is 5.75 Å². The molecule has 2 saturated heterocycles. The first kappa shape index (κ1) is 19.9. The van der Waals surface area contributed by atoms with Crippen LogP contribution in [0, 0.1) is 5.82 Å². The first-order valence-corrected chi connectivity index (χ1v) is 11.8. The van der Waals surface area contributed by atoms with E-state index in [2.05, 4.69) is 4.99 Å². The third-order valence-electron chi connectivity index (χ3n) is 4.79. The van der Waals surface area contributed by atoms with Gasteiger partial charge in [0.25, 0.3) is 5.91 Å². The fraction of sp³-hybridized carbons (Fsp3) is 0.300. The number of carbonyl (C=O) groups is 1. The number of hydrogen-bond acceptors (Lipinski definition) is 5. The standard InChI is InChI=1S/C20H19FN2O4S2/c1-13(27-14-7-3-2-4-8-14)19(24)22-20-23(16-10-6-5-9-15(16)21)17-11-29(25,26)12-18(17)28-20/h2-10,13,17-18H,11-12H2,1H3/t13-,17+,18-/m1/s1. The number of hydrogen-bond donors (Lipinski definition) is 0. The van der Waals surface area contributed by atoms with E-state index >= 15 is 0 Å². The molecule has 2 fully saturated rings. The van der Waals surface area contributed by atoms with E-state index in [1.165, 1.54) is 17.8 Å². The molecular weight excluding hydrogens is 415 g/mol. The zero-order chi connectivity index (χ0) is 20.6. The number of amidine groups is 1. The Bertz CT molecular complexity index is 1060. The number of benzene rings is 2. The SMILES string of the molecule is C[C@@H](Oc1ccccc1)C(=O)N=C1S[C@@H]2CS(=O)(=O)C[C@@H]2N1c1ccccc1F. The molecule has 2 aliphatic heterocycles. The third-order valence-corrected chi connectivity index (χ3v) is 8.00. The molecule has 0 radical (unpaired) electrons. The van der Waals surface area contributed by atoms with E-state index in [4.69, 9.17) is 4.74 Å². The highest BCUT2D eigenvalue weighted by atomic mass is 32.2. The van der Waals surface area contributed by atoms with E-state index in [0.717, 1.165) is 0 Å². The van der Waals surface area contributed by atoms with Gasteiger partial charge in [-0.2, -0.15) is 4.99 Å². The fourth-order valence-electron chi connectivity index (χ4n) is 3.43. The fourth-order valence-corrected chi connectivity index (χ4v) is 7.34. The van der Waals surface area contributed by atoms with Crippen LogP contribution in [-0.2, 0) is 14.6 Å². The van der Waals surface area contributed by atoms with Gasteiger partial charge in [-0.05, 0) is 31.2 Å². The number of aliphatic imine (C=N–C) groups is 1. The van der Waals surface area contributed by atoms with Crippen LogP contribution in [0.25, 0.3) is 0 Å². The monoisotopic (exact) mass is 434 g/mol. The van der Waals surface area contributed by atoms with Crippen molar-refractivity contribution in [2.24, 2.45) is 4.99 Å². The Hall–Kier alpha value is -2.39. The maximum absolute atomic E-state index is 14.5. The van der Waals surface area contributed by atoms with E-state index in [9.17, 15) is 17.6 Å². The second-order valence-corrected chi connectivity index (χ2v) is 10.3. The Labute approximate surface area is 172 Å². The highest BCUT2D eigenvalue weighted by Crippen LogP contribution is 2.41. The summed E-state index contributed by atoms with van der Waals surface area (Å²) in [7, 11) is -3.22. The smallest absolute Gasteiger partial charge is 0.288 e. The van der Waals surface area contributed by atoms with Crippen molar-refractivity contribution >= 4 is 38.4 Å². The maximum atomic E-state index is 14.5. The summed E-state index contributed by atoms with van der Waals surface area (Å²) in [5.74, 6) is -0.576. The molecule has 9 heteroatoms. The topological polar surface area (TPSA) is 76.0 Å². The molecule has 0 aromatic heterocycles. The molecule has 0 N–H and O–H groups in total. The van der Waals surface area contributed by atoms with Gasteiger partial charge in [-0.25, -0.2) is 12.8 Å². The van der Waals surface area contributed by atoms with Crippen LogP contribution in [0.5, 0.6) is 5.75 Å². The summed E-state index contributed by atoms with van der Waals surface area (Å²) in [5.41, 5.74) is 0.216. The zero-order valence-corrected chi connectivity index (χ0v) is 17.2. The van der Waals surface area contributed by atoms with Gasteiger partial charge in [0, 0.05) is 5.25 Å². The molecule has 4 rings (SSSR count). The molecule has 2 aliphatic rings. The van der Waals surface area contributed by atoms with Crippen LogP contribution in [0.3, 0.4) is 0 Å². The van der Waals surface area contributed by atoms with Crippen molar-refractivity contribution in [1.29, 1.82) is 0 Å². The van der Waals surface area contributed by atoms with Crippen molar-refractivity contribution in [3.63, 3.8) is 0 Å². The molecule has 0 bridgehead atoms. The number of sulfone groups is 1. The minimum Gasteiger partial charge on any atom is -0.481 e. The minimum absolute atomic E-state index is 0.0173. The quantitative estimate of drug-likeness (QED) is 0.737. The maximum Gasteiger partial charge on any atom is 0.288 e. The van der Waals surface area contributed by atoms with Gasteiger partial charge in [0.1, 0.15) is 11.6 Å². The average molecular weight is 435 g/mol. The van der Waals surface area contributed by atoms with Crippen LogP contribution < -0.4 is 9.64 Å². The van der Waals surface area contributed by atoms with Gasteiger partial charge in [-0.15, -0.1) is 0 Å². The molecule has 0 unspecified atom stereocenters. The van der Waals surface area contributed by atoms with Crippen LogP contribution in [0.1, 0.15) is 6.92 Å². The van der Waals surface area contributed by atoms with Crippen molar-refractivity contribution in [2.75, 3.05) is 16.4 Å². The number of nitrogens with zero attached hydrogens (tertiary/aromatic N) is 2. The van der Waals surface area contributed by atoms with Crippen LogP contribution in [0.4, 0.5) is 10.1 Å². The van der Waals surface area contributed by atoms with Crippen LogP contribution in [0.15, 0.2) is 59.6 Å². The number of para-hydroxylation sites is 2. The first-order valence-electron chi connectivity index (χ1n) is 9.09. The predicted molar refractivity (Wildman–Crippen MR) is 112 cm³/mol. The lowest BCUT2D eigenvalue weighted by Crippen LogP contribution is -2.38. The second-order valence-electron chi connectivity index (χ2n) is 6.93. The number of amides is 1. The molecule has 2 aromatic carbocycles. The van der Waals surface area contributed by atoms with Crippen LogP contribution in [-0.4, -0.2) is 48.4 Å². The number of carbonyl (C=O) groups excluding carboxylic acids is 1. The molecule has 2 heterocycles. The number of thioether (sulfide) groups is 1. The van der Waals surface area contributed by atoms with Gasteiger partial charge in [0.05, 0.1) is 23.2 Å². The summed E-state index contributed by atoms with van der Waals surface area (Å²) in [6.07, 6.45) is -0.836.